The van der Waals surface area contributed by atoms with Gasteiger partial charge < -0.3 is 20.2 Å². The minimum absolute atomic E-state index is 0.0785. The molecular formula is C19H28FN3O3. The molecule has 0 radical (unpaired) electrons. The van der Waals surface area contributed by atoms with Crippen molar-refractivity contribution in [3.63, 3.8) is 0 Å². The fourth-order valence-electron chi connectivity index (χ4n) is 3.07. The standard InChI is InChI=1S/C19H28FN3O3/c1-2-22-9-11-23(12-10-22)8-7-18(24)21-14-16(19(25)26)13-15-3-5-17(20)6-4-15/h3-6,16H,2,7-14H2,1H3,(H,21,24)(H,25,26). The third-order valence-electron chi connectivity index (χ3n) is 4.86. The highest BCUT2D eigenvalue weighted by molar-refractivity contribution is 5.77. The van der Waals surface area contributed by atoms with E-state index >= 15 is 0 Å². The second-order valence-electron chi connectivity index (χ2n) is 6.70. The van der Waals surface area contributed by atoms with Crippen molar-refractivity contribution >= 4 is 11.9 Å². The number of benzene rings is 1. The predicted octanol–water partition coefficient (Wildman–Crippen LogP) is 1.21. The van der Waals surface area contributed by atoms with Gasteiger partial charge in [-0.25, -0.2) is 4.39 Å². The number of carboxylic acid groups (broad SMARTS) is 1. The fraction of sp³-hybridized carbons (Fsp3) is 0.579. The summed E-state index contributed by atoms with van der Waals surface area (Å²) in [6.45, 7) is 7.95. The lowest BCUT2D eigenvalue weighted by atomic mass is 9.99. The first-order valence-electron chi connectivity index (χ1n) is 9.16. The molecule has 0 spiro atoms. The summed E-state index contributed by atoms with van der Waals surface area (Å²) in [5.74, 6) is -2.18. The number of carbonyl (C=O) groups excluding carboxylic acids is 1. The quantitative estimate of drug-likeness (QED) is 0.688. The number of hydrogen-bond donors (Lipinski definition) is 2. The monoisotopic (exact) mass is 365 g/mol. The van der Waals surface area contributed by atoms with Crippen molar-refractivity contribution in [2.24, 2.45) is 5.92 Å². The molecule has 7 heteroatoms. The molecule has 1 amide bonds. The zero-order valence-corrected chi connectivity index (χ0v) is 15.3. The largest absolute Gasteiger partial charge is 0.481 e. The summed E-state index contributed by atoms with van der Waals surface area (Å²) in [4.78, 5) is 28.1. The number of amides is 1. The molecule has 26 heavy (non-hydrogen) atoms. The highest BCUT2D eigenvalue weighted by atomic mass is 19.1. The Kier molecular flexibility index (Phi) is 8.00. The van der Waals surface area contributed by atoms with Crippen LogP contribution in [0.25, 0.3) is 0 Å². The molecule has 1 aromatic rings. The van der Waals surface area contributed by atoms with E-state index in [0.717, 1.165) is 38.3 Å². The smallest absolute Gasteiger partial charge is 0.308 e. The van der Waals surface area contributed by atoms with E-state index < -0.39 is 11.9 Å². The van der Waals surface area contributed by atoms with Crippen molar-refractivity contribution in [2.45, 2.75) is 19.8 Å². The number of nitrogens with one attached hydrogen (secondary N) is 1. The van der Waals surface area contributed by atoms with Crippen molar-refractivity contribution < 1.29 is 19.1 Å². The van der Waals surface area contributed by atoms with E-state index in [2.05, 4.69) is 22.0 Å². The molecule has 1 unspecified atom stereocenters. The number of aliphatic carboxylic acids is 1. The molecule has 1 atom stereocenters. The van der Waals surface area contributed by atoms with E-state index in [0.29, 0.717) is 13.0 Å². The van der Waals surface area contributed by atoms with E-state index in [1.807, 2.05) is 0 Å². The summed E-state index contributed by atoms with van der Waals surface area (Å²) >= 11 is 0. The summed E-state index contributed by atoms with van der Waals surface area (Å²) in [6, 6.07) is 5.77. The maximum atomic E-state index is 12.9. The molecule has 1 saturated heterocycles. The third kappa shape index (κ3) is 6.72. The van der Waals surface area contributed by atoms with Crippen LogP contribution in [0.1, 0.15) is 18.9 Å². The molecule has 2 rings (SSSR count). The van der Waals surface area contributed by atoms with Gasteiger partial charge >= 0.3 is 5.97 Å². The van der Waals surface area contributed by atoms with Crippen LogP contribution in [0.5, 0.6) is 0 Å². The minimum Gasteiger partial charge on any atom is -0.481 e. The van der Waals surface area contributed by atoms with Crippen LogP contribution in [0.3, 0.4) is 0 Å². The molecule has 1 heterocycles. The normalized spacial score (nSPS) is 17.0. The van der Waals surface area contributed by atoms with Gasteiger partial charge in [0, 0.05) is 45.7 Å². The lowest BCUT2D eigenvalue weighted by Crippen LogP contribution is -2.47. The molecule has 1 fully saturated rings. The second kappa shape index (κ2) is 10.2. The Morgan fingerprint density at radius 3 is 2.35 bits per heavy atom. The molecule has 1 aliphatic rings. The van der Waals surface area contributed by atoms with E-state index in [1.165, 1.54) is 12.1 Å². The van der Waals surface area contributed by atoms with Crippen LogP contribution < -0.4 is 5.32 Å². The average molecular weight is 365 g/mol. The summed E-state index contributed by atoms with van der Waals surface area (Å²) in [7, 11) is 0. The van der Waals surface area contributed by atoms with Gasteiger partial charge in [-0.3, -0.25) is 9.59 Å². The molecule has 0 saturated carbocycles. The Morgan fingerprint density at radius 1 is 1.15 bits per heavy atom. The number of piperazine rings is 1. The molecule has 1 aliphatic heterocycles. The average Bonchev–Trinajstić information content (AvgIpc) is 2.65. The lowest BCUT2D eigenvalue weighted by molar-refractivity contribution is -0.141. The molecule has 0 aliphatic carbocycles. The van der Waals surface area contributed by atoms with Gasteiger partial charge in [0.25, 0.3) is 0 Å². The van der Waals surface area contributed by atoms with E-state index in [-0.39, 0.29) is 24.7 Å². The zero-order valence-electron chi connectivity index (χ0n) is 15.3. The van der Waals surface area contributed by atoms with Crippen LogP contribution in [0.15, 0.2) is 24.3 Å². The van der Waals surface area contributed by atoms with E-state index in [1.54, 1.807) is 12.1 Å². The maximum Gasteiger partial charge on any atom is 0.308 e. The third-order valence-corrected chi connectivity index (χ3v) is 4.86. The zero-order chi connectivity index (χ0) is 18.9. The highest BCUT2D eigenvalue weighted by Crippen LogP contribution is 2.10. The van der Waals surface area contributed by atoms with Gasteiger partial charge in [0.1, 0.15) is 5.82 Å². The van der Waals surface area contributed by atoms with Gasteiger partial charge in [0.05, 0.1) is 5.92 Å². The fourth-order valence-corrected chi connectivity index (χ4v) is 3.07. The Hall–Kier alpha value is -1.99. The maximum absolute atomic E-state index is 12.9. The first kappa shape index (κ1) is 20.3. The van der Waals surface area contributed by atoms with Gasteiger partial charge in [0.15, 0.2) is 0 Å². The summed E-state index contributed by atoms with van der Waals surface area (Å²) < 4.78 is 12.9. The number of likely N-dealkylation sites (N-methyl/N-ethyl adjacent to an activating group) is 1. The van der Waals surface area contributed by atoms with Crippen LogP contribution in [0.2, 0.25) is 0 Å². The number of hydrogen-bond acceptors (Lipinski definition) is 4. The molecule has 0 bridgehead atoms. The Labute approximate surface area is 154 Å². The SMILES string of the molecule is CCN1CCN(CCC(=O)NCC(Cc2ccc(F)cc2)C(=O)O)CC1. The number of carboxylic acids is 1. The van der Waals surface area contributed by atoms with Crippen LogP contribution in [-0.2, 0) is 16.0 Å². The van der Waals surface area contributed by atoms with E-state index in [9.17, 15) is 19.1 Å². The topological polar surface area (TPSA) is 72.9 Å². The number of halogens is 1. The van der Waals surface area contributed by atoms with Gasteiger partial charge in [0.2, 0.25) is 5.91 Å². The van der Waals surface area contributed by atoms with Crippen molar-refractivity contribution in [1.29, 1.82) is 0 Å². The van der Waals surface area contributed by atoms with Crippen molar-refractivity contribution in [3.8, 4) is 0 Å². The minimum atomic E-state index is -0.967. The van der Waals surface area contributed by atoms with Gasteiger partial charge in [-0.05, 0) is 30.7 Å². The van der Waals surface area contributed by atoms with Gasteiger partial charge in [-0.1, -0.05) is 19.1 Å². The van der Waals surface area contributed by atoms with Gasteiger partial charge in [-0.2, -0.15) is 0 Å². The molecule has 1 aromatic carbocycles. The van der Waals surface area contributed by atoms with Crippen molar-refractivity contribution in [2.75, 3.05) is 45.8 Å². The van der Waals surface area contributed by atoms with Crippen molar-refractivity contribution in [3.05, 3.63) is 35.6 Å². The first-order chi connectivity index (χ1) is 12.5. The highest BCUT2D eigenvalue weighted by Gasteiger charge is 2.20. The number of carbonyl (C=O) groups is 2. The Morgan fingerprint density at radius 2 is 1.77 bits per heavy atom. The van der Waals surface area contributed by atoms with E-state index in [4.69, 9.17) is 0 Å². The lowest BCUT2D eigenvalue weighted by Gasteiger charge is -2.33. The Balaban J connectivity index is 1.71. The van der Waals surface area contributed by atoms with Crippen LogP contribution >= 0.6 is 0 Å². The van der Waals surface area contributed by atoms with Crippen molar-refractivity contribution in [1.82, 2.24) is 15.1 Å². The molecular weight excluding hydrogens is 337 g/mol. The molecule has 2 N–H and O–H groups in total. The molecule has 6 nitrogen and oxygen atoms in total. The second-order valence-corrected chi connectivity index (χ2v) is 6.70. The van der Waals surface area contributed by atoms with Crippen LogP contribution in [-0.4, -0.2) is 72.6 Å². The Bertz CT molecular complexity index is 586. The van der Waals surface area contributed by atoms with Crippen LogP contribution in [0.4, 0.5) is 4.39 Å². The number of nitrogens with zero attached hydrogens (tertiary/aromatic N) is 2. The summed E-state index contributed by atoms with van der Waals surface area (Å²) in [5, 5.41) is 12.1. The predicted molar refractivity (Wildman–Crippen MR) is 97.4 cm³/mol. The molecule has 0 aromatic heterocycles. The summed E-state index contributed by atoms with van der Waals surface area (Å²) in [6.07, 6.45) is 0.629. The number of rotatable bonds is 9. The molecule has 144 valence electrons. The van der Waals surface area contributed by atoms with Gasteiger partial charge in [-0.15, -0.1) is 0 Å². The first-order valence-corrected chi connectivity index (χ1v) is 9.16. The summed E-state index contributed by atoms with van der Waals surface area (Å²) in [5.41, 5.74) is 0.738. The van der Waals surface area contributed by atoms with Crippen LogP contribution in [0, 0.1) is 11.7 Å².